The lowest BCUT2D eigenvalue weighted by Gasteiger charge is -2.07. The number of imide groups is 1. The molecule has 17 heavy (non-hydrogen) atoms. The number of urea groups is 1. The predicted octanol–water partition coefficient (Wildman–Crippen LogP) is 0.676. The highest BCUT2D eigenvalue weighted by atomic mass is 32.2. The first kappa shape index (κ1) is 15.8. The molecule has 0 bridgehead atoms. The summed E-state index contributed by atoms with van der Waals surface area (Å²) < 4.78 is 0. The van der Waals surface area contributed by atoms with Crippen molar-refractivity contribution >= 4 is 29.7 Å². The van der Waals surface area contributed by atoms with Crippen molar-refractivity contribution in [3.8, 4) is 0 Å². The average Bonchev–Trinajstić information content (AvgIpc) is 2.25. The molecule has 1 atom stereocenters. The lowest BCUT2D eigenvalue weighted by molar-refractivity contribution is -0.140. The van der Waals surface area contributed by atoms with Gasteiger partial charge in [0.25, 0.3) is 0 Å². The van der Waals surface area contributed by atoms with E-state index < -0.39 is 23.8 Å². The Hall–Kier alpha value is -1.24. The quantitative estimate of drug-likeness (QED) is 0.627. The zero-order valence-electron chi connectivity index (χ0n) is 9.99. The molecule has 0 aliphatic rings. The smallest absolute Gasteiger partial charge is 0.321 e. The Labute approximate surface area is 105 Å². The number of carboxylic acids is 1. The van der Waals surface area contributed by atoms with E-state index in [1.807, 2.05) is 6.92 Å². The molecule has 7 heteroatoms. The van der Waals surface area contributed by atoms with Crippen LogP contribution in [0.5, 0.6) is 0 Å². The number of amides is 3. The second-order valence-electron chi connectivity index (χ2n) is 3.56. The summed E-state index contributed by atoms with van der Waals surface area (Å²) in [5, 5.41) is 13.3. The molecular formula is C10H18N2O4S. The summed E-state index contributed by atoms with van der Waals surface area (Å²) in [5.74, 6) is -1.38. The molecule has 0 aliphatic heterocycles. The van der Waals surface area contributed by atoms with Crippen LogP contribution < -0.4 is 10.6 Å². The number of nitrogens with one attached hydrogen (secondary N) is 2. The summed E-state index contributed by atoms with van der Waals surface area (Å²) in [5.41, 5.74) is 0. The lowest BCUT2D eigenvalue weighted by Crippen LogP contribution is -2.40. The second-order valence-corrected chi connectivity index (χ2v) is 4.59. The van der Waals surface area contributed by atoms with Gasteiger partial charge in [-0.15, -0.1) is 0 Å². The molecule has 1 unspecified atom stereocenters. The van der Waals surface area contributed by atoms with E-state index in [2.05, 4.69) is 10.6 Å². The fourth-order valence-corrected chi connectivity index (χ4v) is 1.72. The first-order valence-corrected chi connectivity index (χ1v) is 6.51. The van der Waals surface area contributed by atoms with Crippen LogP contribution in [0.2, 0.25) is 0 Å². The largest absolute Gasteiger partial charge is 0.481 e. The van der Waals surface area contributed by atoms with Crippen molar-refractivity contribution in [3.63, 3.8) is 0 Å². The number of hydrogen-bond acceptors (Lipinski definition) is 4. The number of carbonyl (C=O) groups excluding carboxylic acids is 2. The minimum Gasteiger partial charge on any atom is -0.481 e. The van der Waals surface area contributed by atoms with E-state index in [1.165, 1.54) is 11.8 Å². The van der Waals surface area contributed by atoms with Gasteiger partial charge in [-0.05, 0) is 6.42 Å². The number of thioether (sulfide) groups is 1. The highest BCUT2D eigenvalue weighted by Crippen LogP contribution is 2.07. The summed E-state index contributed by atoms with van der Waals surface area (Å²) in [4.78, 5) is 32.8. The molecule has 0 spiro atoms. The van der Waals surface area contributed by atoms with Gasteiger partial charge in [-0.3, -0.25) is 14.9 Å². The minimum atomic E-state index is -0.890. The van der Waals surface area contributed by atoms with Gasteiger partial charge < -0.3 is 10.4 Å². The molecule has 0 fully saturated rings. The van der Waals surface area contributed by atoms with Crippen LogP contribution in [-0.2, 0) is 9.59 Å². The van der Waals surface area contributed by atoms with Gasteiger partial charge >= 0.3 is 12.0 Å². The minimum absolute atomic E-state index is 0.0805. The molecule has 6 nitrogen and oxygen atoms in total. The van der Waals surface area contributed by atoms with Gasteiger partial charge in [-0.2, -0.15) is 11.8 Å². The topological polar surface area (TPSA) is 95.5 Å². The molecule has 98 valence electrons. The molecule has 0 radical (unpaired) electrons. The third kappa shape index (κ3) is 8.56. The van der Waals surface area contributed by atoms with Gasteiger partial charge in [0.1, 0.15) is 0 Å². The van der Waals surface area contributed by atoms with E-state index in [1.54, 1.807) is 6.92 Å². The molecule has 3 amide bonds. The molecule has 0 aromatic rings. The van der Waals surface area contributed by atoms with E-state index in [0.29, 0.717) is 12.3 Å². The summed E-state index contributed by atoms with van der Waals surface area (Å²) in [6.45, 7) is 3.99. The molecule has 0 aliphatic carbocycles. The molecule has 0 aromatic carbocycles. The molecular weight excluding hydrogens is 244 g/mol. The molecule has 0 saturated heterocycles. The van der Waals surface area contributed by atoms with Crippen LogP contribution in [0.4, 0.5) is 4.79 Å². The molecule has 3 N–H and O–H groups in total. The van der Waals surface area contributed by atoms with E-state index in [9.17, 15) is 14.4 Å². The van der Waals surface area contributed by atoms with Crippen molar-refractivity contribution in [1.29, 1.82) is 0 Å². The van der Waals surface area contributed by atoms with Gasteiger partial charge in [0, 0.05) is 12.3 Å². The average molecular weight is 262 g/mol. The first-order valence-electron chi connectivity index (χ1n) is 5.35. The SMILES string of the molecule is CCCNC(=O)NC(=O)CSCC(C)C(=O)O. The molecule has 0 rings (SSSR count). The van der Waals surface area contributed by atoms with Crippen molar-refractivity contribution < 1.29 is 19.5 Å². The molecule has 0 heterocycles. The maximum absolute atomic E-state index is 11.2. The van der Waals surface area contributed by atoms with E-state index in [0.717, 1.165) is 6.42 Å². The Bertz CT molecular complexity index is 283. The van der Waals surface area contributed by atoms with Crippen molar-refractivity contribution in [3.05, 3.63) is 0 Å². The lowest BCUT2D eigenvalue weighted by atomic mass is 10.2. The van der Waals surface area contributed by atoms with Gasteiger partial charge in [0.2, 0.25) is 5.91 Å². The standard InChI is InChI=1S/C10H18N2O4S/c1-3-4-11-10(16)12-8(13)6-17-5-7(2)9(14)15/h7H,3-6H2,1-2H3,(H,14,15)(H2,11,12,13,16). The Kier molecular flexibility index (Phi) is 8.21. The zero-order chi connectivity index (χ0) is 13.3. The Morgan fingerprint density at radius 3 is 2.53 bits per heavy atom. The predicted molar refractivity (Wildman–Crippen MR) is 66.0 cm³/mol. The summed E-state index contributed by atoms with van der Waals surface area (Å²) in [7, 11) is 0. The van der Waals surface area contributed by atoms with Crippen LogP contribution in [0.25, 0.3) is 0 Å². The van der Waals surface area contributed by atoms with Crippen LogP contribution in [0.15, 0.2) is 0 Å². The van der Waals surface area contributed by atoms with Crippen LogP contribution in [-0.4, -0.2) is 41.1 Å². The van der Waals surface area contributed by atoms with Crippen LogP contribution in [0.1, 0.15) is 20.3 Å². The highest BCUT2D eigenvalue weighted by Gasteiger charge is 2.12. The van der Waals surface area contributed by atoms with Crippen molar-refractivity contribution in [2.45, 2.75) is 20.3 Å². The highest BCUT2D eigenvalue weighted by molar-refractivity contribution is 7.99. The molecule has 0 saturated carbocycles. The monoisotopic (exact) mass is 262 g/mol. The van der Waals surface area contributed by atoms with Gasteiger partial charge in [0.15, 0.2) is 0 Å². The van der Waals surface area contributed by atoms with Gasteiger partial charge in [-0.25, -0.2) is 4.79 Å². The summed E-state index contributed by atoms with van der Waals surface area (Å²) in [6, 6.07) is -0.510. The second kappa shape index (κ2) is 8.86. The normalized spacial score (nSPS) is 11.6. The Morgan fingerprint density at radius 1 is 1.35 bits per heavy atom. The van der Waals surface area contributed by atoms with Crippen molar-refractivity contribution in [1.82, 2.24) is 10.6 Å². The van der Waals surface area contributed by atoms with Gasteiger partial charge in [0.05, 0.1) is 11.7 Å². The fraction of sp³-hybridized carbons (Fsp3) is 0.700. The number of aliphatic carboxylic acids is 1. The van der Waals surface area contributed by atoms with Gasteiger partial charge in [-0.1, -0.05) is 13.8 Å². The number of carbonyl (C=O) groups is 3. The van der Waals surface area contributed by atoms with E-state index in [4.69, 9.17) is 5.11 Å². The summed E-state index contributed by atoms with van der Waals surface area (Å²) >= 11 is 1.19. The molecule has 0 aromatic heterocycles. The van der Waals surface area contributed by atoms with Crippen LogP contribution in [0, 0.1) is 5.92 Å². The van der Waals surface area contributed by atoms with Crippen LogP contribution in [0.3, 0.4) is 0 Å². The fourth-order valence-electron chi connectivity index (χ4n) is 0.845. The van der Waals surface area contributed by atoms with E-state index >= 15 is 0 Å². The van der Waals surface area contributed by atoms with Crippen molar-refractivity contribution in [2.24, 2.45) is 5.92 Å². The Morgan fingerprint density at radius 2 is 2.00 bits per heavy atom. The van der Waals surface area contributed by atoms with Crippen molar-refractivity contribution in [2.75, 3.05) is 18.1 Å². The third-order valence-electron chi connectivity index (χ3n) is 1.81. The first-order chi connectivity index (χ1) is 7.97. The van der Waals surface area contributed by atoms with Crippen LogP contribution >= 0.6 is 11.8 Å². The third-order valence-corrected chi connectivity index (χ3v) is 3.01. The number of carboxylic acid groups (broad SMARTS) is 1. The number of rotatable bonds is 7. The zero-order valence-corrected chi connectivity index (χ0v) is 10.8. The maximum atomic E-state index is 11.2. The number of hydrogen-bond donors (Lipinski definition) is 3. The summed E-state index contributed by atoms with van der Waals surface area (Å²) in [6.07, 6.45) is 0.798. The Balaban J connectivity index is 3.66. The van der Waals surface area contributed by atoms with E-state index in [-0.39, 0.29) is 5.75 Å². The maximum Gasteiger partial charge on any atom is 0.321 e.